The second-order valence-corrected chi connectivity index (χ2v) is 12.8. The zero-order valence-electron chi connectivity index (χ0n) is 23.2. The topological polar surface area (TPSA) is 27.7 Å². The first-order valence-electron chi connectivity index (χ1n) is 14.8. The zero-order valence-corrected chi connectivity index (χ0v) is 24.2. The lowest BCUT2D eigenvalue weighted by molar-refractivity contribution is 0.0918. The van der Waals surface area contributed by atoms with E-state index in [-0.39, 0.29) is 0 Å². The van der Waals surface area contributed by atoms with Crippen molar-refractivity contribution in [2.45, 2.75) is 104 Å². The highest BCUT2D eigenvalue weighted by molar-refractivity contribution is 6.92. The second-order valence-electron chi connectivity index (χ2n) is 9.84. The van der Waals surface area contributed by atoms with Crippen LogP contribution in [0.3, 0.4) is 0 Å². The van der Waals surface area contributed by atoms with Crippen LogP contribution in [-0.4, -0.2) is 35.0 Å². The van der Waals surface area contributed by atoms with E-state index in [4.69, 9.17) is 13.6 Å². The summed E-state index contributed by atoms with van der Waals surface area (Å²) in [5.41, 5.74) is 0. The predicted molar refractivity (Wildman–Crippen MR) is 157 cm³/mol. The maximum Gasteiger partial charge on any atom is 0.407 e. The summed E-state index contributed by atoms with van der Waals surface area (Å²) in [5.74, 6) is 0. The molecule has 202 valence electrons. The molecule has 0 aliphatic heterocycles. The molecule has 0 fully saturated rings. The number of ether oxygens (including phenoxy) is 1. The predicted octanol–water partition coefficient (Wildman–Crippen LogP) is 7.79. The number of rotatable bonds is 23. The van der Waals surface area contributed by atoms with E-state index >= 15 is 0 Å². The van der Waals surface area contributed by atoms with Gasteiger partial charge in [0, 0.05) is 13.2 Å². The fourth-order valence-electron chi connectivity index (χ4n) is 4.76. The van der Waals surface area contributed by atoms with Gasteiger partial charge in [0.15, 0.2) is 0 Å². The van der Waals surface area contributed by atoms with Crippen LogP contribution in [0.2, 0.25) is 0 Å². The summed E-state index contributed by atoms with van der Waals surface area (Å²) in [6.45, 7) is 6.88. The first-order chi connectivity index (χ1) is 17.8. The molecule has 0 saturated carbocycles. The SMILES string of the molecule is CCCCCCCCCCCCCCCCO[Si](OCCOCC)(c1ccccc1)c1ccccc1. The molecule has 36 heavy (non-hydrogen) atoms. The molecule has 3 nitrogen and oxygen atoms in total. The van der Waals surface area contributed by atoms with Gasteiger partial charge in [-0.2, -0.15) is 0 Å². The van der Waals surface area contributed by atoms with E-state index in [1.165, 1.54) is 83.5 Å². The normalized spacial score (nSPS) is 11.7. The maximum absolute atomic E-state index is 6.75. The summed E-state index contributed by atoms with van der Waals surface area (Å²) in [6.07, 6.45) is 19.1. The second kappa shape index (κ2) is 20.6. The van der Waals surface area contributed by atoms with Crippen molar-refractivity contribution in [2.75, 3.05) is 26.4 Å². The molecule has 2 rings (SSSR count). The van der Waals surface area contributed by atoms with Crippen molar-refractivity contribution in [3.8, 4) is 0 Å². The van der Waals surface area contributed by atoms with Crippen molar-refractivity contribution in [1.29, 1.82) is 0 Å². The molecule has 0 saturated heterocycles. The lowest BCUT2D eigenvalue weighted by Gasteiger charge is -2.31. The molecule has 0 aliphatic carbocycles. The fourth-order valence-corrected chi connectivity index (χ4v) is 7.91. The van der Waals surface area contributed by atoms with Gasteiger partial charge < -0.3 is 13.6 Å². The van der Waals surface area contributed by atoms with E-state index in [9.17, 15) is 0 Å². The highest BCUT2D eigenvalue weighted by atomic mass is 28.4. The minimum atomic E-state index is -2.78. The van der Waals surface area contributed by atoms with E-state index in [0.29, 0.717) is 19.8 Å². The van der Waals surface area contributed by atoms with Crippen molar-refractivity contribution in [3.05, 3.63) is 60.7 Å². The molecule has 0 aromatic heterocycles. The quantitative estimate of drug-likeness (QED) is 0.112. The Morgan fingerprint density at radius 2 is 0.889 bits per heavy atom. The minimum Gasteiger partial charge on any atom is -0.388 e. The first-order valence-corrected chi connectivity index (χ1v) is 16.6. The van der Waals surface area contributed by atoms with Crippen LogP contribution in [0, 0.1) is 0 Å². The molecule has 0 radical (unpaired) electrons. The molecule has 0 atom stereocenters. The standard InChI is InChI=1S/C32H52O3Si/c1-3-5-6-7-8-9-10-11-12-13-14-15-16-23-28-34-36(35-30-29-33-4-2,31-24-19-17-20-25-31)32-26-21-18-22-27-32/h17-22,24-27H,3-16,23,28-30H2,1-2H3. The molecule has 0 bridgehead atoms. The summed E-state index contributed by atoms with van der Waals surface area (Å²) in [7, 11) is -2.78. The number of benzene rings is 2. The molecule has 0 unspecified atom stereocenters. The van der Waals surface area contributed by atoms with Crippen LogP contribution in [0.4, 0.5) is 0 Å². The van der Waals surface area contributed by atoms with Crippen molar-refractivity contribution in [1.82, 2.24) is 0 Å². The van der Waals surface area contributed by atoms with Crippen LogP contribution in [-0.2, 0) is 13.6 Å². The Labute approximate surface area is 223 Å². The molecule has 0 aliphatic rings. The van der Waals surface area contributed by atoms with E-state index in [1.807, 2.05) is 6.92 Å². The summed E-state index contributed by atoms with van der Waals surface area (Å²) >= 11 is 0. The van der Waals surface area contributed by atoms with E-state index in [0.717, 1.165) is 23.4 Å². The minimum absolute atomic E-state index is 0.544. The van der Waals surface area contributed by atoms with E-state index in [1.54, 1.807) is 0 Å². The van der Waals surface area contributed by atoms with Gasteiger partial charge in [0.25, 0.3) is 0 Å². The van der Waals surface area contributed by atoms with Crippen LogP contribution in [0.5, 0.6) is 0 Å². The lowest BCUT2D eigenvalue weighted by Crippen LogP contribution is -2.63. The average Bonchev–Trinajstić information content (AvgIpc) is 2.93. The molecule has 0 heterocycles. The summed E-state index contributed by atoms with van der Waals surface area (Å²) < 4.78 is 18.9. The van der Waals surface area contributed by atoms with Crippen LogP contribution in [0.15, 0.2) is 60.7 Å². The highest BCUT2D eigenvalue weighted by Gasteiger charge is 2.42. The van der Waals surface area contributed by atoms with Crippen molar-refractivity contribution in [2.24, 2.45) is 0 Å². The summed E-state index contributed by atoms with van der Waals surface area (Å²) in [6, 6.07) is 21.1. The molecule has 0 amide bonds. The third-order valence-corrected chi connectivity index (χ3v) is 10.3. The number of hydrogen-bond donors (Lipinski definition) is 0. The van der Waals surface area contributed by atoms with Crippen LogP contribution in [0.1, 0.15) is 104 Å². The Morgan fingerprint density at radius 3 is 1.33 bits per heavy atom. The van der Waals surface area contributed by atoms with Gasteiger partial charge in [-0.15, -0.1) is 0 Å². The van der Waals surface area contributed by atoms with Gasteiger partial charge in [-0.1, -0.05) is 151 Å². The Balaban J connectivity index is 1.73. The maximum atomic E-state index is 6.75. The Hall–Kier alpha value is -1.46. The largest absolute Gasteiger partial charge is 0.407 e. The third-order valence-electron chi connectivity index (χ3n) is 6.85. The van der Waals surface area contributed by atoms with Gasteiger partial charge in [-0.3, -0.25) is 0 Å². The highest BCUT2D eigenvalue weighted by Crippen LogP contribution is 2.15. The van der Waals surface area contributed by atoms with Crippen molar-refractivity contribution >= 4 is 18.9 Å². The van der Waals surface area contributed by atoms with Gasteiger partial charge in [0.2, 0.25) is 0 Å². The van der Waals surface area contributed by atoms with Gasteiger partial charge in [-0.05, 0) is 23.7 Å². The lowest BCUT2D eigenvalue weighted by atomic mass is 10.0. The van der Waals surface area contributed by atoms with Gasteiger partial charge in [0.1, 0.15) is 0 Å². The molecule has 2 aromatic carbocycles. The van der Waals surface area contributed by atoms with Crippen LogP contribution >= 0.6 is 0 Å². The zero-order chi connectivity index (χ0) is 25.6. The molecule has 0 spiro atoms. The van der Waals surface area contributed by atoms with Gasteiger partial charge in [0.05, 0.1) is 13.2 Å². The Kier molecular flexibility index (Phi) is 17.6. The Morgan fingerprint density at radius 1 is 0.472 bits per heavy atom. The van der Waals surface area contributed by atoms with Crippen LogP contribution in [0.25, 0.3) is 0 Å². The third kappa shape index (κ3) is 12.2. The number of unbranched alkanes of at least 4 members (excludes halogenated alkanes) is 13. The van der Waals surface area contributed by atoms with Crippen LogP contribution < -0.4 is 10.4 Å². The molecule has 2 aromatic rings. The first kappa shape index (κ1) is 30.8. The molecule has 0 N–H and O–H groups in total. The van der Waals surface area contributed by atoms with Gasteiger partial charge >= 0.3 is 8.56 Å². The summed E-state index contributed by atoms with van der Waals surface area (Å²) in [4.78, 5) is 0. The molecular weight excluding hydrogens is 460 g/mol. The van der Waals surface area contributed by atoms with Crippen molar-refractivity contribution < 1.29 is 13.6 Å². The van der Waals surface area contributed by atoms with Crippen molar-refractivity contribution in [3.63, 3.8) is 0 Å². The fraction of sp³-hybridized carbons (Fsp3) is 0.625. The molecular formula is C32H52O3Si. The van der Waals surface area contributed by atoms with Gasteiger partial charge in [-0.25, -0.2) is 0 Å². The Bertz CT molecular complexity index is 698. The van der Waals surface area contributed by atoms with E-state index < -0.39 is 8.56 Å². The van der Waals surface area contributed by atoms with E-state index in [2.05, 4.69) is 67.6 Å². The average molecular weight is 513 g/mol. The number of hydrogen-bond acceptors (Lipinski definition) is 3. The monoisotopic (exact) mass is 512 g/mol. The molecule has 4 heteroatoms. The summed E-state index contributed by atoms with van der Waals surface area (Å²) in [5, 5.41) is 2.33. The smallest absolute Gasteiger partial charge is 0.388 e.